The monoisotopic (exact) mass is 265 g/mol. The third kappa shape index (κ3) is 3.47. The molecule has 2 unspecified atom stereocenters. The van der Waals surface area contributed by atoms with E-state index >= 15 is 0 Å². The molecule has 106 valence electrons. The first kappa shape index (κ1) is 14.3. The number of fused-ring (bicyclic) bond motifs is 1. The number of nitrogens with two attached hydrogens (primary N) is 1. The molecule has 2 atom stereocenters. The molecule has 1 aromatic carbocycles. The zero-order valence-electron chi connectivity index (χ0n) is 11.7. The van der Waals surface area contributed by atoms with E-state index in [1.807, 2.05) is 12.1 Å². The van der Waals surface area contributed by atoms with E-state index in [0.717, 1.165) is 30.8 Å². The second-order valence-corrected chi connectivity index (χ2v) is 4.82. The van der Waals surface area contributed by atoms with Crippen molar-refractivity contribution in [3.63, 3.8) is 0 Å². The number of hydrogen-bond acceptors (Lipinski definition) is 4. The third-order valence-electron chi connectivity index (χ3n) is 3.44. The van der Waals surface area contributed by atoms with Gasteiger partial charge in [-0.05, 0) is 29.7 Å². The Bertz CT molecular complexity index is 408. The standard InChI is InChI=1S/C15H23NO3/c1-3-6-18-7-8-19-14-9-11-4-5-12(17-2)10-13(11)15(14)16/h4-5,10,14-15H,3,6-9,16H2,1-2H3. The van der Waals surface area contributed by atoms with Crippen LogP contribution >= 0.6 is 0 Å². The molecule has 4 nitrogen and oxygen atoms in total. The lowest BCUT2D eigenvalue weighted by atomic mass is 10.1. The van der Waals surface area contributed by atoms with Crippen molar-refractivity contribution < 1.29 is 14.2 Å². The Hall–Kier alpha value is -1.10. The second-order valence-electron chi connectivity index (χ2n) is 4.82. The maximum absolute atomic E-state index is 6.23. The minimum absolute atomic E-state index is 0.0485. The van der Waals surface area contributed by atoms with Gasteiger partial charge in [-0.15, -0.1) is 0 Å². The van der Waals surface area contributed by atoms with Crippen molar-refractivity contribution in [3.05, 3.63) is 29.3 Å². The Labute approximate surface area is 114 Å². The van der Waals surface area contributed by atoms with Gasteiger partial charge in [-0.1, -0.05) is 13.0 Å². The van der Waals surface area contributed by atoms with Gasteiger partial charge < -0.3 is 19.9 Å². The molecule has 0 saturated carbocycles. The molecule has 0 heterocycles. The van der Waals surface area contributed by atoms with E-state index in [0.29, 0.717) is 13.2 Å². The van der Waals surface area contributed by atoms with Gasteiger partial charge in [-0.3, -0.25) is 0 Å². The van der Waals surface area contributed by atoms with Crippen LogP contribution in [0.5, 0.6) is 5.75 Å². The van der Waals surface area contributed by atoms with Crippen LogP contribution in [0.3, 0.4) is 0 Å². The molecule has 0 amide bonds. The molecule has 0 saturated heterocycles. The fourth-order valence-electron chi connectivity index (χ4n) is 2.41. The molecule has 2 N–H and O–H groups in total. The Balaban J connectivity index is 1.86. The van der Waals surface area contributed by atoms with Gasteiger partial charge in [0.1, 0.15) is 5.75 Å². The van der Waals surface area contributed by atoms with Crippen molar-refractivity contribution in [1.29, 1.82) is 0 Å². The summed E-state index contributed by atoms with van der Waals surface area (Å²) >= 11 is 0. The van der Waals surface area contributed by atoms with Crippen LogP contribution in [0, 0.1) is 0 Å². The topological polar surface area (TPSA) is 53.7 Å². The summed E-state index contributed by atoms with van der Waals surface area (Å²) in [5.74, 6) is 0.848. The van der Waals surface area contributed by atoms with E-state index in [1.165, 1.54) is 5.56 Å². The first-order valence-corrected chi connectivity index (χ1v) is 6.88. The number of rotatable bonds is 7. The summed E-state index contributed by atoms with van der Waals surface area (Å²) in [5, 5.41) is 0. The molecule has 0 aromatic heterocycles. The minimum atomic E-state index is -0.0729. The molecular formula is C15H23NO3. The van der Waals surface area contributed by atoms with Gasteiger partial charge in [0.2, 0.25) is 0 Å². The maximum atomic E-state index is 6.23. The van der Waals surface area contributed by atoms with Crippen molar-refractivity contribution in [3.8, 4) is 5.75 Å². The van der Waals surface area contributed by atoms with Crippen molar-refractivity contribution in [2.24, 2.45) is 5.73 Å². The summed E-state index contributed by atoms with van der Waals surface area (Å²) in [6, 6.07) is 5.98. The average Bonchev–Trinajstić information content (AvgIpc) is 2.75. The molecule has 0 bridgehead atoms. The number of ether oxygens (including phenoxy) is 3. The Morgan fingerprint density at radius 3 is 2.84 bits per heavy atom. The van der Waals surface area contributed by atoms with Crippen LogP contribution < -0.4 is 10.5 Å². The SMILES string of the molecule is CCCOCCOC1Cc2ccc(OC)cc2C1N. The van der Waals surface area contributed by atoms with Gasteiger partial charge in [0.15, 0.2) is 0 Å². The molecule has 0 fully saturated rings. The molecule has 1 aromatic rings. The Kier molecular flexibility index (Phi) is 5.19. The van der Waals surface area contributed by atoms with E-state index in [9.17, 15) is 0 Å². The molecule has 0 radical (unpaired) electrons. The van der Waals surface area contributed by atoms with Crippen LogP contribution in [0.25, 0.3) is 0 Å². The lowest BCUT2D eigenvalue weighted by molar-refractivity contribution is -0.000764. The summed E-state index contributed by atoms with van der Waals surface area (Å²) in [6.45, 7) is 4.12. The van der Waals surface area contributed by atoms with Crippen molar-refractivity contribution in [1.82, 2.24) is 0 Å². The predicted octanol–water partition coefficient (Wildman–Crippen LogP) is 2.06. The van der Waals surface area contributed by atoms with E-state index in [-0.39, 0.29) is 12.1 Å². The Morgan fingerprint density at radius 2 is 2.11 bits per heavy atom. The number of methoxy groups -OCH3 is 1. The molecule has 1 aliphatic rings. The van der Waals surface area contributed by atoms with Gasteiger partial charge in [0, 0.05) is 13.0 Å². The van der Waals surface area contributed by atoms with Crippen molar-refractivity contribution in [2.75, 3.05) is 26.9 Å². The van der Waals surface area contributed by atoms with E-state index in [4.69, 9.17) is 19.9 Å². The smallest absolute Gasteiger partial charge is 0.119 e. The van der Waals surface area contributed by atoms with Crippen LogP contribution in [0.4, 0.5) is 0 Å². The summed E-state index contributed by atoms with van der Waals surface area (Å²) in [4.78, 5) is 0. The summed E-state index contributed by atoms with van der Waals surface area (Å²) in [6.07, 6.45) is 1.95. The van der Waals surface area contributed by atoms with Crippen molar-refractivity contribution >= 4 is 0 Å². The largest absolute Gasteiger partial charge is 0.497 e. The molecule has 4 heteroatoms. The zero-order chi connectivity index (χ0) is 13.7. The average molecular weight is 265 g/mol. The number of hydrogen-bond donors (Lipinski definition) is 1. The molecular weight excluding hydrogens is 242 g/mol. The summed E-state index contributed by atoms with van der Waals surface area (Å²) in [7, 11) is 1.67. The predicted molar refractivity (Wildman–Crippen MR) is 74.5 cm³/mol. The van der Waals surface area contributed by atoms with Crippen LogP contribution in [0.2, 0.25) is 0 Å². The number of benzene rings is 1. The van der Waals surface area contributed by atoms with E-state index in [1.54, 1.807) is 7.11 Å². The third-order valence-corrected chi connectivity index (χ3v) is 3.44. The Morgan fingerprint density at radius 1 is 1.26 bits per heavy atom. The van der Waals surface area contributed by atoms with Crippen LogP contribution in [-0.2, 0) is 15.9 Å². The second kappa shape index (κ2) is 6.89. The first-order chi connectivity index (χ1) is 9.26. The maximum Gasteiger partial charge on any atom is 0.119 e. The fraction of sp³-hybridized carbons (Fsp3) is 0.600. The zero-order valence-corrected chi connectivity index (χ0v) is 11.7. The van der Waals surface area contributed by atoms with Gasteiger partial charge in [-0.25, -0.2) is 0 Å². The van der Waals surface area contributed by atoms with Crippen LogP contribution in [-0.4, -0.2) is 33.0 Å². The highest BCUT2D eigenvalue weighted by molar-refractivity contribution is 5.42. The van der Waals surface area contributed by atoms with Gasteiger partial charge >= 0.3 is 0 Å². The van der Waals surface area contributed by atoms with Crippen molar-refractivity contribution in [2.45, 2.75) is 31.9 Å². The summed E-state index contributed by atoms with van der Waals surface area (Å²) < 4.78 is 16.5. The summed E-state index contributed by atoms with van der Waals surface area (Å²) in [5.41, 5.74) is 8.63. The normalized spacial score (nSPS) is 21.4. The van der Waals surface area contributed by atoms with Gasteiger partial charge in [-0.2, -0.15) is 0 Å². The molecule has 2 rings (SSSR count). The molecule has 19 heavy (non-hydrogen) atoms. The molecule has 0 spiro atoms. The highest BCUT2D eigenvalue weighted by Crippen LogP contribution is 2.34. The highest BCUT2D eigenvalue weighted by Gasteiger charge is 2.30. The molecule has 1 aliphatic carbocycles. The lowest BCUT2D eigenvalue weighted by Crippen LogP contribution is -2.26. The minimum Gasteiger partial charge on any atom is -0.497 e. The van der Waals surface area contributed by atoms with E-state index in [2.05, 4.69) is 13.0 Å². The molecule has 0 aliphatic heterocycles. The van der Waals surface area contributed by atoms with Gasteiger partial charge in [0.05, 0.1) is 32.5 Å². The van der Waals surface area contributed by atoms with Gasteiger partial charge in [0.25, 0.3) is 0 Å². The van der Waals surface area contributed by atoms with Crippen LogP contribution in [0.15, 0.2) is 18.2 Å². The lowest BCUT2D eigenvalue weighted by Gasteiger charge is -2.17. The first-order valence-electron chi connectivity index (χ1n) is 6.88. The van der Waals surface area contributed by atoms with E-state index < -0.39 is 0 Å². The highest BCUT2D eigenvalue weighted by atomic mass is 16.5. The fourth-order valence-corrected chi connectivity index (χ4v) is 2.41. The van der Waals surface area contributed by atoms with Crippen LogP contribution in [0.1, 0.15) is 30.5 Å². The quantitative estimate of drug-likeness (QED) is 0.767.